The van der Waals surface area contributed by atoms with Gasteiger partial charge >= 0.3 is 10.1 Å². The van der Waals surface area contributed by atoms with E-state index < -0.39 is 15.5 Å². The van der Waals surface area contributed by atoms with Gasteiger partial charge in [0.1, 0.15) is 0 Å². The lowest BCUT2D eigenvalue weighted by Crippen LogP contribution is -2.21. The fraction of sp³-hybridized carbons (Fsp3) is 0.417. The summed E-state index contributed by atoms with van der Waals surface area (Å²) in [4.78, 5) is 12.1. The molecule has 17 heavy (non-hydrogen) atoms. The standard InChI is InChI=1S/C12H16O4S/c1-12(2,3)11(13)9-7-5-6-8-10(9)16-17(4,14)15/h5-8H,1-4H3. The molecule has 0 N–H and O–H groups in total. The Morgan fingerprint density at radius 3 is 2.18 bits per heavy atom. The van der Waals surface area contributed by atoms with Crippen LogP contribution in [0.2, 0.25) is 0 Å². The summed E-state index contributed by atoms with van der Waals surface area (Å²) in [5.74, 6) is -0.0772. The molecule has 0 atom stereocenters. The van der Waals surface area contributed by atoms with E-state index in [1.165, 1.54) is 6.07 Å². The van der Waals surface area contributed by atoms with Gasteiger partial charge in [-0.2, -0.15) is 8.42 Å². The van der Waals surface area contributed by atoms with Crippen molar-refractivity contribution in [3.63, 3.8) is 0 Å². The van der Waals surface area contributed by atoms with Gasteiger partial charge in [-0.15, -0.1) is 0 Å². The molecule has 0 aliphatic heterocycles. The minimum Gasteiger partial charge on any atom is -0.382 e. The van der Waals surface area contributed by atoms with Crippen LogP contribution in [0, 0.1) is 5.41 Å². The first-order chi connectivity index (χ1) is 7.61. The van der Waals surface area contributed by atoms with Gasteiger partial charge in [-0.1, -0.05) is 32.9 Å². The summed E-state index contributed by atoms with van der Waals surface area (Å²) in [6, 6.07) is 6.34. The van der Waals surface area contributed by atoms with E-state index in [1.807, 2.05) is 0 Å². The fourth-order valence-electron chi connectivity index (χ4n) is 1.29. The van der Waals surface area contributed by atoms with Crippen LogP contribution >= 0.6 is 0 Å². The third-order valence-electron chi connectivity index (χ3n) is 2.05. The predicted octanol–water partition coefficient (Wildman–Crippen LogP) is 2.25. The Balaban J connectivity index is 3.22. The molecule has 0 aliphatic rings. The number of hydrogen-bond donors (Lipinski definition) is 0. The normalized spacial score (nSPS) is 12.2. The van der Waals surface area contributed by atoms with Gasteiger partial charge in [-0.05, 0) is 12.1 Å². The first-order valence-corrected chi connectivity index (χ1v) is 6.96. The highest BCUT2D eigenvalue weighted by atomic mass is 32.2. The summed E-state index contributed by atoms with van der Waals surface area (Å²) in [5, 5.41) is 0. The van der Waals surface area contributed by atoms with Crippen LogP contribution in [-0.4, -0.2) is 20.5 Å². The van der Waals surface area contributed by atoms with Crippen LogP contribution in [-0.2, 0) is 10.1 Å². The largest absolute Gasteiger partial charge is 0.382 e. The number of Topliss-reactive ketones (excluding diaryl/α,β-unsaturated/α-hetero) is 1. The molecule has 0 spiro atoms. The maximum absolute atomic E-state index is 12.1. The van der Waals surface area contributed by atoms with E-state index in [9.17, 15) is 13.2 Å². The van der Waals surface area contributed by atoms with E-state index in [1.54, 1.807) is 39.0 Å². The number of carbonyl (C=O) groups excluding carboxylic acids is 1. The smallest absolute Gasteiger partial charge is 0.306 e. The molecular weight excluding hydrogens is 240 g/mol. The SMILES string of the molecule is CC(C)(C)C(=O)c1ccccc1OS(C)(=O)=O. The van der Waals surface area contributed by atoms with Crippen LogP contribution < -0.4 is 4.18 Å². The monoisotopic (exact) mass is 256 g/mol. The van der Waals surface area contributed by atoms with Gasteiger partial charge in [0.15, 0.2) is 11.5 Å². The van der Waals surface area contributed by atoms with Crippen molar-refractivity contribution in [2.24, 2.45) is 5.41 Å². The minimum atomic E-state index is -3.63. The highest BCUT2D eigenvalue weighted by Gasteiger charge is 2.26. The average molecular weight is 256 g/mol. The lowest BCUT2D eigenvalue weighted by atomic mass is 9.86. The Morgan fingerprint density at radius 1 is 1.18 bits per heavy atom. The van der Waals surface area contributed by atoms with E-state index in [0.29, 0.717) is 0 Å². The molecule has 5 heteroatoms. The first kappa shape index (κ1) is 13.7. The number of rotatable bonds is 3. The van der Waals surface area contributed by atoms with Gasteiger partial charge in [0.05, 0.1) is 11.8 Å². The van der Waals surface area contributed by atoms with Gasteiger partial charge in [0, 0.05) is 5.41 Å². The number of ketones is 1. The summed E-state index contributed by atoms with van der Waals surface area (Å²) in [5.41, 5.74) is -0.304. The molecule has 0 saturated heterocycles. The van der Waals surface area contributed by atoms with Gasteiger partial charge < -0.3 is 4.18 Å². The summed E-state index contributed by atoms with van der Waals surface area (Å²) < 4.78 is 27.0. The maximum Gasteiger partial charge on any atom is 0.306 e. The highest BCUT2D eigenvalue weighted by molar-refractivity contribution is 7.86. The first-order valence-electron chi connectivity index (χ1n) is 5.14. The van der Waals surface area contributed by atoms with Crippen molar-refractivity contribution in [3.05, 3.63) is 29.8 Å². The van der Waals surface area contributed by atoms with Gasteiger partial charge in [0.2, 0.25) is 0 Å². The van der Waals surface area contributed by atoms with Crippen molar-refractivity contribution < 1.29 is 17.4 Å². The zero-order chi connectivity index (χ0) is 13.3. The van der Waals surface area contributed by atoms with Crippen LogP contribution in [0.1, 0.15) is 31.1 Å². The Hall–Kier alpha value is -1.36. The van der Waals surface area contributed by atoms with Gasteiger partial charge in [-0.3, -0.25) is 4.79 Å². The van der Waals surface area contributed by atoms with Crippen LogP contribution in [0.3, 0.4) is 0 Å². The van der Waals surface area contributed by atoms with Crippen molar-refractivity contribution in [2.45, 2.75) is 20.8 Å². The van der Waals surface area contributed by atoms with E-state index in [-0.39, 0.29) is 17.1 Å². The third kappa shape index (κ3) is 3.85. The van der Waals surface area contributed by atoms with Crippen molar-refractivity contribution >= 4 is 15.9 Å². The molecule has 0 aromatic heterocycles. The summed E-state index contributed by atoms with van der Waals surface area (Å²) >= 11 is 0. The van der Waals surface area contributed by atoms with E-state index >= 15 is 0 Å². The molecule has 1 aromatic carbocycles. The predicted molar refractivity (Wildman–Crippen MR) is 65.7 cm³/mol. The van der Waals surface area contributed by atoms with E-state index in [0.717, 1.165) is 6.26 Å². The van der Waals surface area contributed by atoms with Crippen molar-refractivity contribution in [3.8, 4) is 5.75 Å². The van der Waals surface area contributed by atoms with Crippen molar-refractivity contribution in [1.82, 2.24) is 0 Å². The minimum absolute atomic E-state index is 0.0786. The van der Waals surface area contributed by atoms with Crippen LogP contribution in [0.25, 0.3) is 0 Å². The second-order valence-electron chi connectivity index (χ2n) is 4.86. The highest BCUT2D eigenvalue weighted by Crippen LogP contribution is 2.27. The lowest BCUT2D eigenvalue weighted by Gasteiger charge is -2.18. The van der Waals surface area contributed by atoms with E-state index in [4.69, 9.17) is 4.18 Å². The third-order valence-corrected chi connectivity index (χ3v) is 2.54. The van der Waals surface area contributed by atoms with Crippen LogP contribution in [0.5, 0.6) is 5.75 Å². The molecule has 0 radical (unpaired) electrons. The van der Waals surface area contributed by atoms with Gasteiger partial charge in [0.25, 0.3) is 0 Å². The van der Waals surface area contributed by atoms with Gasteiger partial charge in [-0.25, -0.2) is 0 Å². The molecule has 0 aliphatic carbocycles. The van der Waals surface area contributed by atoms with Crippen molar-refractivity contribution in [1.29, 1.82) is 0 Å². The summed E-state index contributed by atoms with van der Waals surface area (Å²) in [6.07, 6.45) is 0.950. The zero-order valence-corrected chi connectivity index (χ0v) is 11.2. The average Bonchev–Trinajstić information content (AvgIpc) is 2.13. The lowest BCUT2D eigenvalue weighted by molar-refractivity contribution is 0.0856. The summed E-state index contributed by atoms with van der Waals surface area (Å²) in [7, 11) is -3.63. The Morgan fingerprint density at radius 2 is 1.71 bits per heavy atom. The molecule has 0 amide bonds. The molecule has 94 valence electrons. The summed E-state index contributed by atoms with van der Waals surface area (Å²) in [6.45, 7) is 5.31. The molecule has 1 aromatic rings. The van der Waals surface area contributed by atoms with Crippen LogP contribution in [0.15, 0.2) is 24.3 Å². The molecule has 1 rings (SSSR count). The second kappa shape index (κ2) is 4.49. The van der Waals surface area contributed by atoms with Crippen molar-refractivity contribution in [2.75, 3.05) is 6.26 Å². The number of para-hydroxylation sites is 1. The van der Waals surface area contributed by atoms with E-state index in [2.05, 4.69) is 0 Å². The number of carbonyl (C=O) groups is 1. The molecule has 0 saturated carbocycles. The Kier molecular flexibility index (Phi) is 3.62. The quantitative estimate of drug-likeness (QED) is 0.614. The number of hydrogen-bond acceptors (Lipinski definition) is 4. The molecule has 0 heterocycles. The zero-order valence-electron chi connectivity index (χ0n) is 10.4. The molecule has 0 fully saturated rings. The topological polar surface area (TPSA) is 60.4 Å². The molecule has 0 bridgehead atoms. The molecule has 0 unspecified atom stereocenters. The molecule has 4 nitrogen and oxygen atoms in total. The fourth-order valence-corrected chi connectivity index (χ4v) is 1.77. The van der Waals surface area contributed by atoms with Crippen LogP contribution in [0.4, 0.5) is 0 Å². The Bertz CT molecular complexity index is 524. The Labute approximate surface area is 102 Å². The molecular formula is C12H16O4S. The number of benzene rings is 1. The second-order valence-corrected chi connectivity index (χ2v) is 6.44. The maximum atomic E-state index is 12.1.